The maximum absolute atomic E-state index is 10.0. The van der Waals surface area contributed by atoms with Crippen molar-refractivity contribution < 1.29 is 17.8 Å². The fraction of sp³-hybridized carbons (Fsp3) is 0.400. The van der Waals surface area contributed by atoms with Crippen LogP contribution >= 0.6 is 0 Å². The van der Waals surface area contributed by atoms with E-state index in [1.807, 2.05) is 0 Å². The third-order valence-corrected chi connectivity index (χ3v) is 1.53. The molecular weight excluding hydrogens is 156 g/mol. The minimum absolute atomic E-state index is 0.0395. The Bertz CT molecular complexity index is 226. The molecular formula is C5H7O4S. The summed E-state index contributed by atoms with van der Waals surface area (Å²) in [5.41, 5.74) is 0.0395. The van der Waals surface area contributed by atoms with Gasteiger partial charge in [0.1, 0.15) is 0 Å². The molecule has 0 aromatic carbocycles. The van der Waals surface area contributed by atoms with Crippen LogP contribution < -0.4 is 0 Å². The second-order valence-corrected chi connectivity index (χ2v) is 3.31. The maximum atomic E-state index is 10.0. The smallest absolute Gasteiger partial charge is 0.265 e. The minimum atomic E-state index is -3.97. The molecule has 0 aromatic rings. The zero-order valence-electron chi connectivity index (χ0n) is 5.20. The summed E-state index contributed by atoms with van der Waals surface area (Å²) >= 11 is 0. The van der Waals surface area contributed by atoms with E-state index in [2.05, 4.69) is 6.58 Å². The molecule has 10 heavy (non-hydrogen) atoms. The fourth-order valence-corrected chi connectivity index (χ4v) is 0.808. The first-order valence-corrected chi connectivity index (χ1v) is 4.07. The van der Waals surface area contributed by atoms with Gasteiger partial charge in [0, 0.05) is 0 Å². The van der Waals surface area contributed by atoms with Crippen LogP contribution in [0.3, 0.4) is 0 Å². The molecule has 57 valence electrons. The van der Waals surface area contributed by atoms with Crippen molar-refractivity contribution in [3.05, 3.63) is 12.2 Å². The molecule has 0 atom stereocenters. The van der Waals surface area contributed by atoms with Crippen LogP contribution in [0.15, 0.2) is 12.2 Å². The first kappa shape index (κ1) is 9.32. The molecule has 0 unspecified atom stereocenters. The summed E-state index contributed by atoms with van der Waals surface area (Å²) in [5, 5.41) is 0. The monoisotopic (exact) mass is 163 g/mol. The van der Waals surface area contributed by atoms with Crippen LogP contribution in [-0.2, 0) is 14.9 Å². The molecule has 0 aliphatic carbocycles. The minimum Gasteiger partial charge on any atom is -0.286 e. The van der Waals surface area contributed by atoms with E-state index < -0.39 is 15.9 Å². The van der Waals surface area contributed by atoms with Crippen LogP contribution in [0.1, 0.15) is 6.42 Å². The van der Waals surface area contributed by atoms with Crippen molar-refractivity contribution in [3.8, 4) is 0 Å². The van der Waals surface area contributed by atoms with E-state index in [1.54, 1.807) is 0 Å². The van der Waals surface area contributed by atoms with Crippen LogP contribution in [0, 0.1) is 0 Å². The highest BCUT2D eigenvalue weighted by Gasteiger charge is 2.04. The highest BCUT2D eigenvalue weighted by molar-refractivity contribution is 7.85. The van der Waals surface area contributed by atoms with Crippen molar-refractivity contribution in [1.29, 1.82) is 0 Å². The molecule has 0 amide bonds. The third-order valence-electron chi connectivity index (χ3n) is 0.806. The topological polar surface area (TPSA) is 71.4 Å². The largest absolute Gasteiger partial charge is 0.286 e. The van der Waals surface area contributed by atoms with E-state index in [-0.39, 0.29) is 12.0 Å². The quantitative estimate of drug-likeness (QED) is 0.465. The van der Waals surface area contributed by atoms with Crippen molar-refractivity contribution in [2.45, 2.75) is 6.42 Å². The van der Waals surface area contributed by atoms with Crippen LogP contribution in [-0.4, -0.2) is 25.0 Å². The van der Waals surface area contributed by atoms with E-state index in [0.717, 1.165) is 0 Å². The Morgan fingerprint density at radius 3 is 2.40 bits per heavy atom. The Balaban J connectivity index is 3.78. The summed E-state index contributed by atoms with van der Waals surface area (Å²) in [6.45, 7) is 3.18. The number of carbonyl (C=O) groups excluding carboxylic acids is 1. The highest BCUT2D eigenvalue weighted by Crippen LogP contribution is 1.96. The van der Waals surface area contributed by atoms with Gasteiger partial charge in [-0.15, -0.1) is 0 Å². The predicted molar refractivity (Wildman–Crippen MR) is 35.9 cm³/mol. The predicted octanol–water partition coefficient (Wildman–Crippen LogP) is -0.0698. The summed E-state index contributed by atoms with van der Waals surface area (Å²) in [5.74, 6) is -0.471. The molecule has 0 aliphatic heterocycles. The second kappa shape index (κ2) is 3.48. The van der Waals surface area contributed by atoms with Gasteiger partial charge in [-0.2, -0.15) is 8.42 Å². The standard InChI is InChI=1S/C5H7O4S/c1-5(4-6)2-3-10(7,8)9/h1-3H2,(H,7,8,9). The van der Waals surface area contributed by atoms with Crippen molar-refractivity contribution in [3.63, 3.8) is 0 Å². The lowest BCUT2D eigenvalue weighted by molar-refractivity contribution is 0.483. The summed E-state index contributed by atoms with van der Waals surface area (Å²) in [6, 6.07) is 0. The molecule has 0 saturated carbocycles. The molecule has 5 heteroatoms. The fourth-order valence-electron chi connectivity index (χ4n) is 0.303. The first-order valence-electron chi connectivity index (χ1n) is 2.47. The maximum Gasteiger partial charge on any atom is 0.265 e. The van der Waals surface area contributed by atoms with Crippen molar-refractivity contribution in [2.24, 2.45) is 0 Å². The number of hydrogen-bond acceptors (Lipinski definition) is 3. The van der Waals surface area contributed by atoms with Crippen molar-refractivity contribution in [1.82, 2.24) is 0 Å². The summed E-state index contributed by atoms with van der Waals surface area (Å²) in [7, 11) is -3.97. The van der Waals surface area contributed by atoms with Crippen LogP contribution in [0.4, 0.5) is 0 Å². The average Bonchev–Trinajstić information content (AvgIpc) is 1.81. The van der Waals surface area contributed by atoms with E-state index in [1.165, 1.54) is 6.29 Å². The highest BCUT2D eigenvalue weighted by atomic mass is 32.2. The van der Waals surface area contributed by atoms with Gasteiger partial charge in [0.2, 0.25) is 6.29 Å². The Morgan fingerprint density at radius 1 is 1.60 bits per heavy atom. The van der Waals surface area contributed by atoms with Gasteiger partial charge in [-0.25, -0.2) is 0 Å². The molecule has 0 spiro atoms. The molecule has 0 aromatic heterocycles. The number of allylic oxidation sites excluding steroid dienone is 1. The molecule has 0 saturated heterocycles. The normalized spacial score (nSPS) is 10.9. The molecule has 4 nitrogen and oxygen atoms in total. The Kier molecular flexibility index (Phi) is 3.24. The third kappa shape index (κ3) is 5.46. The van der Waals surface area contributed by atoms with Crippen LogP contribution in [0.5, 0.6) is 0 Å². The summed E-state index contributed by atoms with van der Waals surface area (Å²) in [4.78, 5) is 9.72. The Morgan fingerprint density at radius 2 is 2.10 bits per heavy atom. The molecule has 0 rings (SSSR count). The van der Waals surface area contributed by atoms with E-state index in [0.29, 0.717) is 0 Å². The molecule has 1 radical (unpaired) electrons. The lowest BCUT2D eigenvalue weighted by Crippen LogP contribution is -2.04. The van der Waals surface area contributed by atoms with Gasteiger partial charge in [-0.3, -0.25) is 9.35 Å². The average molecular weight is 163 g/mol. The molecule has 1 N–H and O–H groups in total. The molecule has 0 fully saturated rings. The molecule has 0 bridgehead atoms. The zero-order valence-corrected chi connectivity index (χ0v) is 6.02. The van der Waals surface area contributed by atoms with E-state index in [4.69, 9.17) is 4.55 Å². The van der Waals surface area contributed by atoms with E-state index >= 15 is 0 Å². The van der Waals surface area contributed by atoms with Gasteiger partial charge in [0.15, 0.2) is 0 Å². The van der Waals surface area contributed by atoms with Gasteiger partial charge < -0.3 is 0 Å². The van der Waals surface area contributed by atoms with Gasteiger partial charge in [-0.1, -0.05) is 6.58 Å². The Hall–Kier alpha value is -0.680. The first-order chi connectivity index (χ1) is 4.45. The van der Waals surface area contributed by atoms with E-state index in [9.17, 15) is 13.2 Å². The van der Waals surface area contributed by atoms with Crippen LogP contribution in [0.25, 0.3) is 0 Å². The lowest BCUT2D eigenvalue weighted by atomic mass is 10.3. The number of rotatable bonds is 4. The van der Waals surface area contributed by atoms with Gasteiger partial charge in [0.05, 0.1) is 5.75 Å². The van der Waals surface area contributed by atoms with Gasteiger partial charge in [0.25, 0.3) is 10.1 Å². The molecule has 0 heterocycles. The SMILES string of the molecule is C=C([C]=O)CCS(=O)(=O)O. The number of hydrogen-bond donors (Lipinski definition) is 1. The summed E-state index contributed by atoms with van der Waals surface area (Å²) < 4.78 is 28.2. The lowest BCUT2D eigenvalue weighted by Gasteiger charge is -1.92. The Labute approximate surface area is 59.3 Å². The van der Waals surface area contributed by atoms with Gasteiger partial charge in [-0.05, 0) is 12.0 Å². The van der Waals surface area contributed by atoms with Crippen molar-refractivity contribution >= 4 is 16.4 Å². The molecule has 0 aliphatic rings. The zero-order chi connectivity index (χ0) is 8.20. The second-order valence-electron chi connectivity index (χ2n) is 1.74. The van der Waals surface area contributed by atoms with Crippen molar-refractivity contribution in [2.75, 3.05) is 5.75 Å². The van der Waals surface area contributed by atoms with Crippen LogP contribution in [0.2, 0.25) is 0 Å². The summed E-state index contributed by atoms with van der Waals surface area (Å²) in [6.07, 6.45) is 1.35. The van der Waals surface area contributed by atoms with Gasteiger partial charge >= 0.3 is 0 Å².